The lowest BCUT2D eigenvalue weighted by atomic mass is 9.92. The van der Waals surface area contributed by atoms with Crippen LogP contribution in [-0.4, -0.2) is 26.3 Å². The summed E-state index contributed by atoms with van der Waals surface area (Å²) >= 11 is 3.72. The lowest BCUT2D eigenvalue weighted by Crippen LogP contribution is -2.30. The van der Waals surface area contributed by atoms with Crippen molar-refractivity contribution in [2.45, 2.75) is 32.1 Å². The summed E-state index contributed by atoms with van der Waals surface area (Å²) in [6.07, 6.45) is 6.19. The zero-order valence-corrected chi connectivity index (χ0v) is 13.9. The Morgan fingerprint density at radius 2 is 1.95 bits per heavy atom. The molecule has 4 rings (SSSR count). The van der Waals surface area contributed by atoms with Crippen LogP contribution >= 0.6 is 15.9 Å². The fourth-order valence-electron chi connectivity index (χ4n) is 3.34. The number of nitrogens with one attached hydrogen (secondary N) is 1. The Kier molecular flexibility index (Phi) is 3.62. The molecule has 3 aliphatic rings. The van der Waals surface area contributed by atoms with Gasteiger partial charge in [-0.15, -0.1) is 0 Å². The normalized spacial score (nSPS) is 26.4. The molecule has 1 unspecified atom stereocenters. The first-order chi connectivity index (χ1) is 10.2. The SMILES string of the molecule is Brc1cc2c(cc1CC1CCCNC1)OCC1(CC1)CO2. The Hall–Kier alpha value is -0.740. The minimum absolute atomic E-state index is 0.305. The maximum atomic E-state index is 6.05. The Morgan fingerprint density at radius 1 is 1.19 bits per heavy atom. The number of piperidine rings is 1. The second-order valence-corrected chi connectivity index (χ2v) is 7.74. The summed E-state index contributed by atoms with van der Waals surface area (Å²) in [5.74, 6) is 2.56. The third-order valence-corrected chi connectivity index (χ3v) is 5.78. The Morgan fingerprint density at radius 3 is 2.62 bits per heavy atom. The van der Waals surface area contributed by atoms with E-state index in [4.69, 9.17) is 9.47 Å². The van der Waals surface area contributed by atoms with Crippen molar-refractivity contribution in [1.29, 1.82) is 0 Å². The van der Waals surface area contributed by atoms with Gasteiger partial charge in [0.25, 0.3) is 0 Å². The highest BCUT2D eigenvalue weighted by atomic mass is 79.9. The van der Waals surface area contributed by atoms with Gasteiger partial charge in [0.05, 0.1) is 13.2 Å². The van der Waals surface area contributed by atoms with Gasteiger partial charge in [0, 0.05) is 9.89 Å². The number of rotatable bonds is 2. The molecule has 4 heteroatoms. The van der Waals surface area contributed by atoms with Crippen molar-refractivity contribution < 1.29 is 9.47 Å². The highest BCUT2D eigenvalue weighted by molar-refractivity contribution is 9.10. The van der Waals surface area contributed by atoms with Gasteiger partial charge in [-0.25, -0.2) is 0 Å². The van der Waals surface area contributed by atoms with Gasteiger partial charge in [-0.05, 0) is 68.8 Å². The molecule has 0 bridgehead atoms. The topological polar surface area (TPSA) is 30.5 Å². The van der Waals surface area contributed by atoms with Crippen molar-refractivity contribution in [3.05, 3.63) is 22.2 Å². The average Bonchev–Trinajstić information content (AvgIpc) is 3.29. The largest absolute Gasteiger partial charge is 0.489 e. The monoisotopic (exact) mass is 351 g/mol. The smallest absolute Gasteiger partial charge is 0.162 e. The first kappa shape index (κ1) is 13.9. The second-order valence-electron chi connectivity index (χ2n) is 6.88. The highest BCUT2D eigenvalue weighted by Gasteiger charge is 2.46. The van der Waals surface area contributed by atoms with Crippen molar-refractivity contribution in [2.75, 3.05) is 26.3 Å². The molecule has 1 spiro atoms. The van der Waals surface area contributed by atoms with Crippen molar-refractivity contribution in [3.8, 4) is 11.5 Å². The van der Waals surface area contributed by atoms with E-state index in [0.29, 0.717) is 5.41 Å². The molecule has 2 fully saturated rings. The van der Waals surface area contributed by atoms with Gasteiger partial charge >= 0.3 is 0 Å². The summed E-state index contributed by atoms with van der Waals surface area (Å²) in [4.78, 5) is 0. The van der Waals surface area contributed by atoms with Crippen LogP contribution in [0.1, 0.15) is 31.2 Å². The second kappa shape index (κ2) is 5.47. The minimum atomic E-state index is 0.305. The molecule has 3 nitrogen and oxygen atoms in total. The van der Waals surface area contributed by atoms with Gasteiger partial charge in [-0.2, -0.15) is 0 Å². The maximum absolute atomic E-state index is 6.05. The lowest BCUT2D eigenvalue weighted by molar-refractivity contribution is 0.197. The van der Waals surface area contributed by atoms with Crippen LogP contribution in [0, 0.1) is 11.3 Å². The van der Waals surface area contributed by atoms with Gasteiger partial charge in [-0.1, -0.05) is 15.9 Å². The molecule has 1 atom stereocenters. The molecule has 0 radical (unpaired) electrons. The van der Waals surface area contributed by atoms with Crippen LogP contribution in [-0.2, 0) is 6.42 Å². The third kappa shape index (κ3) is 2.93. The Balaban J connectivity index is 1.54. The predicted molar refractivity (Wildman–Crippen MR) is 86.1 cm³/mol. The summed E-state index contributed by atoms with van der Waals surface area (Å²) in [5.41, 5.74) is 1.65. The first-order valence-corrected chi connectivity index (χ1v) is 8.82. The Labute approximate surface area is 134 Å². The van der Waals surface area contributed by atoms with Crippen molar-refractivity contribution >= 4 is 15.9 Å². The summed E-state index contributed by atoms with van der Waals surface area (Å²) in [7, 11) is 0. The molecule has 1 N–H and O–H groups in total. The zero-order valence-electron chi connectivity index (χ0n) is 12.3. The molecule has 2 aliphatic heterocycles. The van der Waals surface area contributed by atoms with E-state index in [0.717, 1.165) is 48.1 Å². The van der Waals surface area contributed by atoms with E-state index in [1.165, 1.54) is 37.8 Å². The van der Waals surface area contributed by atoms with E-state index in [9.17, 15) is 0 Å². The average molecular weight is 352 g/mol. The molecule has 1 aromatic carbocycles. The molecule has 1 saturated heterocycles. The lowest BCUT2D eigenvalue weighted by Gasteiger charge is -2.23. The van der Waals surface area contributed by atoms with Crippen LogP contribution in [0.15, 0.2) is 16.6 Å². The third-order valence-electron chi connectivity index (χ3n) is 5.05. The molecule has 21 heavy (non-hydrogen) atoms. The molecule has 1 aliphatic carbocycles. The number of benzene rings is 1. The standard InChI is InChI=1S/C17H22BrNO2/c18-14-8-16-15(20-10-17(3-4-17)11-21-16)7-13(14)6-12-2-1-5-19-9-12/h7-8,12,19H,1-6,9-11H2. The summed E-state index contributed by atoms with van der Waals surface area (Å²) < 4.78 is 13.2. The Bertz CT molecular complexity index is 536. The molecule has 2 heterocycles. The molecule has 114 valence electrons. The van der Waals surface area contributed by atoms with E-state index in [2.05, 4.69) is 33.4 Å². The van der Waals surface area contributed by atoms with Crippen LogP contribution in [0.25, 0.3) is 0 Å². The molecule has 0 aromatic heterocycles. The van der Waals surface area contributed by atoms with E-state index >= 15 is 0 Å². The van der Waals surface area contributed by atoms with Crippen molar-refractivity contribution in [1.82, 2.24) is 5.32 Å². The number of ether oxygens (including phenoxy) is 2. The van der Waals surface area contributed by atoms with E-state index in [1.54, 1.807) is 0 Å². The molecule has 1 aromatic rings. The summed E-state index contributed by atoms with van der Waals surface area (Å²) in [6.45, 7) is 3.91. The van der Waals surface area contributed by atoms with Gasteiger partial charge in [0.1, 0.15) is 0 Å². The van der Waals surface area contributed by atoms with Gasteiger partial charge < -0.3 is 14.8 Å². The summed E-state index contributed by atoms with van der Waals surface area (Å²) in [6, 6.07) is 4.29. The molecular weight excluding hydrogens is 330 g/mol. The van der Waals surface area contributed by atoms with Crippen LogP contribution < -0.4 is 14.8 Å². The van der Waals surface area contributed by atoms with Crippen molar-refractivity contribution in [3.63, 3.8) is 0 Å². The molecule has 0 amide bonds. The molecular formula is C17H22BrNO2. The zero-order chi connectivity index (χ0) is 14.3. The van der Waals surface area contributed by atoms with Crippen LogP contribution in [0.4, 0.5) is 0 Å². The first-order valence-electron chi connectivity index (χ1n) is 8.03. The number of fused-ring (bicyclic) bond motifs is 1. The van der Waals surface area contributed by atoms with Crippen LogP contribution in [0.5, 0.6) is 11.5 Å². The van der Waals surface area contributed by atoms with Crippen molar-refractivity contribution in [2.24, 2.45) is 11.3 Å². The number of halogens is 1. The molecule has 1 saturated carbocycles. The van der Waals surface area contributed by atoms with Gasteiger partial charge in [0.2, 0.25) is 0 Å². The summed E-state index contributed by atoms with van der Waals surface area (Å²) in [5, 5.41) is 3.49. The van der Waals surface area contributed by atoms with Crippen LogP contribution in [0.2, 0.25) is 0 Å². The quantitative estimate of drug-likeness (QED) is 0.883. The predicted octanol–water partition coefficient (Wildman–Crippen LogP) is 3.54. The highest BCUT2D eigenvalue weighted by Crippen LogP contribution is 2.49. The van der Waals surface area contributed by atoms with E-state index < -0.39 is 0 Å². The van der Waals surface area contributed by atoms with Gasteiger partial charge in [-0.3, -0.25) is 0 Å². The van der Waals surface area contributed by atoms with Gasteiger partial charge in [0.15, 0.2) is 11.5 Å². The van der Waals surface area contributed by atoms with Crippen LogP contribution in [0.3, 0.4) is 0 Å². The van der Waals surface area contributed by atoms with E-state index in [-0.39, 0.29) is 0 Å². The van der Waals surface area contributed by atoms with E-state index in [1.807, 2.05) is 0 Å². The number of hydrogen-bond donors (Lipinski definition) is 1. The fourth-order valence-corrected chi connectivity index (χ4v) is 3.82. The maximum Gasteiger partial charge on any atom is 0.162 e. The minimum Gasteiger partial charge on any atom is -0.489 e. The fraction of sp³-hybridized carbons (Fsp3) is 0.647. The number of hydrogen-bond acceptors (Lipinski definition) is 3.